The maximum atomic E-state index is 6.42. The van der Waals surface area contributed by atoms with Crippen LogP contribution in [0, 0.1) is 0 Å². The number of rotatable bonds is 3. The lowest BCUT2D eigenvalue weighted by Crippen LogP contribution is -2.44. The van der Waals surface area contributed by atoms with Gasteiger partial charge in [0.25, 0.3) is 0 Å². The van der Waals surface area contributed by atoms with Crippen LogP contribution in [0.15, 0.2) is 30.3 Å². The van der Waals surface area contributed by atoms with Gasteiger partial charge in [0.2, 0.25) is 0 Å². The molecule has 0 saturated carbocycles. The largest absolute Gasteiger partial charge is 0.326 e. The van der Waals surface area contributed by atoms with Crippen LogP contribution >= 0.6 is 0 Å². The van der Waals surface area contributed by atoms with E-state index in [1.54, 1.807) is 0 Å². The molecule has 0 bridgehead atoms. The molecule has 0 radical (unpaired) electrons. The second-order valence-corrected chi connectivity index (χ2v) is 9.31. The number of benzene rings is 1. The van der Waals surface area contributed by atoms with Crippen LogP contribution in [0.1, 0.15) is 30.9 Å². The highest BCUT2D eigenvalue weighted by atomic mass is 28.3. The van der Waals surface area contributed by atoms with Gasteiger partial charge >= 0.3 is 0 Å². The zero-order valence-corrected chi connectivity index (χ0v) is 12.4. The summed E-state index contributed by atoms with van der Waals surface area (Å²) in [6.45, 7) is 9.18. The third-order valence-electron chi connectivity index (χ3n) is 3.80. The zero-order valence-electron chi connectivity index (χ0n) is 11.3. The molecule has 17 heavy (non-hydrogen) atoms. The molecular formula is C15H23NSi. The van der Waals surface area contributed by atoms with Crippen LogP contribution in [-0.2, 0) is 0 Å². The quantitative estimate of drug-likeness (QED) is 0.812. The van der Waals surface area contributed by atoms with E-state index in [0.717, 1.165) is 0 Å². The van der Waals surface area contributed by atoms with E-state index in [4.69, 9.17) is 5.73 Å². The Morgan fingerprint density at radius 3 is 2.47 bits per heavy atom. The van der Waals surface area contributed by atoms with Gasteiger partial charge in [-0.3, -0.25) is 0 Å². The third-order valence-corrected chi connectivity index (χ3v) is 6.51. The number of nitrogens with two attached hydrogens (primary N) is 1. The summed E-state index contributed by atoms with van der Waals surface area (Å²) in [5.74, 6) is 0.526. The van der Waals surface area contributed by atoms with Gasteiger partial charge in [0.1, 0.15) is 0 Å². The minimum atomic E-state index is -0.799. The van der Waals surface area contributed by atoms with Crippen LogP contribution in [-0.4, -0.2) is 14.3 Å². The molecule has 1 nitrogen and oxygen atoms in total. The average Bonchev–Trinajstić information content (AvgIpc) is 2.60. The van der Waals surface area contributed by atoms with E-state index in [1.165, 1.54) is 11.1 Å². The van der Waals surface area contributed by atoms with Crippen molar-refractivity contribution in [2.24, 2.45) is 5.73 Å². The average molecular weight is 245 g/mol. The van der Waals surface area contributed by atoms with Gasteiger partial charge in [-0.1, -0.05) is 49.5 Å². The molecule has 0 aromatic heterocycles. The van der Waals surface area contributed by atoms with E-state index in [2.05, 4.69) is 63.4 Å². The van der Waals surface area contributed by atoms with Crippen LogP contribution in [0.5, 0.6) is 0 Å². The molecule has 2 unspecified atom stereocenters. The van der Waals surface area contributed by atoms with Crippen molar-refractivity contribution in [3.8, 4) is 0 Å². The molecule has 2 atom stereocenters. The Morgan fingerprint density at radius 2 is 1.88 bits per heavy atom. The molecular weight excluding hydrogens is 222 g/mol. The molecule has 1 aromatic carbocycles. The minimum Gasteiger partial charge on any atom is -0.326 e. The molecule has 92 valence electrons. The normalized spacial score (nSPS) is 20.7. The predicted molar refractivity (Wildman–Crippen MR) is 79.1 cm³/mol. The fourth-order valence-electron chi connectivity index (χ4n) is 3.33. The van der Waals surface area contributed by atoms with E-state index in [0.29, 0.717) is 11.5 Å². The summed E-state index contributed by atoms with van der Waals surface area (Å²) < 4.78 is 0. The Morgan fingerprint density at radius 1 is 1.24 bits per heavy atom. The minimum absolute atomic E-state index is 0.0904. The number of fused-ring (bicyclic) bond motifs is 1. The summed E-state index contributed by atoms with van der Waals surface area (Å²) >= 11 is 0. The first kappa shape index (κ1) is 12.6. The Kier molecular flexibility index (Phi) is 3.28. The first-order chi connectivity index (χ1) is 7.91. The van der Waals surface area contributed by atoms with Crippen LogP contribution < -0.4 is 5.73 Å². The summed E-state index contributed by atoms with van der Waals surface area (Å²) in [5, 5.41) is 0. The lowest BCUT2D eigenvalue weighted by Gasteiger charge is -2.37. The van der Waals surface area contributed by atoms with Gasteiger partial charge in [0.15, 0.2) is 0 Å². The topological polar surface area (TPSA) is 26.0 Å². The monoisotopic (exact) mass is 245 g/mol. The van der Waals surface area contributed by atoms with Crippen molar-refractivity contribution in [3.05, 3.63) is 41.5 Å². The summed E-state index contributed by atoms with van der Waals surface area (Å²) in [7, 11) is -0.799. The van der Waals surface area contributed by atoms with Gasteiger partial charge in [-0.2, -0.15) is 0 Å². The van der Waals surface area contributed by atoms with Crippen LogP contribution in [0.4, 0.5) is 0 Å². The maximum Gasteiger partial charge on any atom is 0.0371 e. The zero-order chi connectivity index (χ0) is 12.6. The van der Waals surface area contributed by atoms with E-state index < -0.39 is 8.80 Å². The molecule has 0 saturated heterocycles. The van der Waals surface area contributed by atoms with Crippen molar-refractivity contribution in [3.63, 3.8) is 0 Å². The van der Waals surface area contributed by atoms with Gasteiger partial charge in [0, 0.05) is 20.3 Å². The molecule has 1 aliphatic rings. The molecule has 0 amide bonds. The van der Waals surface area contributed by atoms with Crippen LogP contribution in [0.2, 0.25) is 18.6 Å². The fourth-order valence-corrected chi connectivity index (χ4v) is 6.21. The molecule has 0 fully saturated rings. The van der Waals surface area contributed by atoms with Crippen molar-refractivity contribution in [2.45, 2.75) is 43.9 Å². The van der Waals surface area contributed by atoms with Crippen LogP contribution in [0.25, 0.3) is 6.08 Å². The van der Waals surface area contributed by atoms with E-state index in [9.17, 15) is 0 Å². The lowest BCUT2D eigenvalue weighted by atomic mass is 9.87. The maximum absolute atomic E-state index is 6.42. The van der Waals surface area contributed by atoms with Crippen molar-refractivity contribution in [1.29, 1.82) is 0 Å². The summed E-state index contributed by atoms with van der Waals surface area (Å²) in [6, 6.07) is 8.71. The number of allylic oxidation sites excluding steroid dienone is 1. The Bertz CT molecular complexity index is 429. The smallest absolute Gasteiger partial charge is 0.0371 e. The Labute approximate surface area is 106 Å². The van der Waals surface area contributed by atoms with Gasteiger partial charge in [0.05, 0.1) is 0 Å². The predicted octanol–water partition coefficient (Wildman–Crippen LogP) is 3.39. The van der Waals surface area contributed by atoms with Gasteiger partial charge in [-0.25, -0.2) is 0 Å². The van der Waals surface area contributed by atoms with Crippen molar-refractivity contribution in [2.75, 3.05) is 0 Å². The van der Waals surface area contributed by atoms with Gasteiger partial charge in [-0.15, -0.1) is 0 Å². The molecule has 0 aliphatic heterocycles. The molecule has 2 rings (SSSR count). The first-order valence-electron chi connectivity index (χ1n) is 6.47. The molecule has 0 spiro atoms. The van der Waals surface area contributed by atoms with E-state index in [1.807, 2.05) is 0 Å². The second kappa shape index (κ2) is 4.43. The molecule has 2 heteroatoms. The molecule has 0 heterocycles. The van der Waals surface area contributed by atoms with E-state index in [-0.39, 0.29) is 5.54 Å². The highest BCUT2D eigenvalue weighted by Gasteiger charge is 2.37. The van der Waals surface area contributed by atoms with Crippen molar-refractivity contribution < 1.29 is 0 Å². The summed E-state index contributed by atoms with van der Waals surface area (Å²) in [5.41, 5.74) is 9.79. The molecule has 1 aliphatic carbocycles. The number of hydrogen-bond acceptors (Lipinski definition) is 1. The molecule has 1 aromatic rings. The lowest BCUT2D eigenvalue weighted by molar-refractivity contribution is 0.448. The van der Waals surface area contributed by atoms with Crippen LogP contribution in [0.3, 0.4) is 0 Å². The van der Waals surface area contributed by atoms with Crippen molar-refractivity contribution >= 4 is 14.9 Å². The summed E-state index contributed by atoms with van der Waals surface area (Å²) in [4.78, 5) is 0. The number of hydrogen-bond donors (Lipinski definition) is 1. The van der Waals surface area contributed by atoms with Gasteiger partial charge < -0.3 is 5.73 Å². The fraction of sp³-hybridized carbons (Fsp3) is 0.467. The third kappa shape index (κ3) is 2.38. The first-order valence-corrected chi connectivity index (χ1v) is 9.45. The Hall–Kier alpha value is -0.863. The highest BCUT2D eigenvalue weighted by molar-refractivity contribution is 6.58. The standard InChI is InChI=1S/C15H23NSi/c1-15(2,16)14(17(3)4)13-10-9-11-7-5-6-8-12(11)13/h5-10,13-14,17H,16H2,1-4H3. The SMILES string of the molecule is C[SiH](C)C(C1C=Cc2ccccc21)C(C)(C)N. The molecule has 2 N–H and O–H groups in total. The summed E-state index contributed by atoms with van der Waals surface area (Å²) in [6.07, 6.45) is 4.62. The highest BCUT2D eigenvalue weighted by Crippen LogP contribution is 2.44. The van der Waals surface area contributed by atoms with Crippen molar-refractivity contribution in [1.82, 2.24) is 0 Å². The van der Waals surface area contributed by atoms with Gasteiger partial charge in [-0.05, 0) is 30.5 Å². The Balaban J connectivity index is 2.39. The van der Waals surface area contributed by atoms with E-state index >= 15 is 0 Å². The second-order valence-electron chi connectivity index (χ2n) is 6.10.